The molecular formula is C14H19FN2O3. The van der Waals surface area contributed by atoms with Gasteiger partial charge in [-0.15, -0.1) is 0 Å². The highest BCUT2D eigenvalue weighted by molar-refractivity contribution is 5.90. The zero-order valence-corrected chi connectivity index (χ0v) is 11.2. The van der Waals surface area contributed by atoms with Crippen LogP contribution in [0.4, 0.5) is 10.1 Å². The Morgan fingerprint density at radius 3 is 3.15 bits per heavy atom. The number of aliphatic hydroxyl groups is 1. The summed E-state index contributed by atoms with van der Waals surface area (Å²) in [7, 11) is 0. The van der Waals surface area contributed by atoms with E-state index in [1.165, 1.54) is 12.1 Å². The van der Waals surface area contributed by atoms with Crippen LogP contribution in [0.3, 0.4) is 0 Å². The molecule has 1 unspecified atom stereocenters. The molecule has 0 saturated carbocycles. The minimum atomic E-state index is -0.378. The Hall–Kier alpha value is -1.50. The predicted molar refractivity (Wildman–Crippen MR) is 72.9 cm³/mol. The molecular weight excluding hydrogens is 263 g/mol. The standard InChI is InChI=1S/C14H19FN2O3/c15-11-2-1-3-12(8-11)16-14(19)4-5-17-6-7-20-10-13(17)9-18/h1-3,8,13,18H,4-7,9-10H2,(H,16,19). The molecule has 2 N–H and O–H groups in total. The van der Waals surface area contributed by atoms with Gasteiger partial charge in [0.15, 0.2) is 0 Å². The van der Waals surface area contributed by atoms with Gasteiger partial charge >= 0.3 is 0 Å². The van der Waals surface area contributed by atoms with Crippen LogP contribution in [-0.2, 0) is 9.53 Å². The van der Waals surface area contributed by atoms with Gasteiger partial charge in [0.25, 0.3) is 0 Å². The van der Waals surface area contributed by atoms with Crippen molar-refractivity contribution in [2.75, 3.05) is 38.2 Å². The van der Waals surface area contributed by atoms with Crippen molar-refractivity contribution in [2.24, 2.45) is 0 Å². The highest BCUT2D eigenvalue weighted by Crippen LogP contribution is 2.11. The van der Waals surface area contributed by atoms with E-state index in [0.29, 0.717) is 38.4 Å². The summed E-state index contributed by atoms with van der Waals surface area (Å²) in [6.45, 7) is 2.38. The van der Waals surface area contributed by atoms with Gasteiger partial charge in [0, 0.05) is 25.2 Å². The van der Waals surface area contributed by atoms with Crippen molar-refractivity contribution in [1.82, 2.24) is 4.90 Å². The number of nitrogens with one attached hydrogen (secondary N) is 1. The first-order valence-electron chi connectivity index (χ1n) is 6.67. The average Bonchev–Trinajstić information content (AvgIpc) is 2.45. The van der Waals surface area contributed by atoms with E-state index in [1.807, 2.05) is 4.90 Å². The van der Waals surface area contributed by atoms with Crippen LogP contribution in [0.2, 0.25) is 0 Å². The third kappa shape index (κ3) is 4.26. The van der Waals surface area contributed by atoms with Gasteiger partial charge in [-0.3, -0.25) is 9.69 Å². The number of nitrogens with zero attached hydrogens (tertiary/aromatic N) is 1. The van der Waals surface area contributed by atoms with Crippen molar-refractivity contribution in [2.45, 2.75) is 12.5 Å². The molecule has 5 nitrogen and oxygen atoms in total. The lowest BCUT2D eigenvalue weighted by molar-refractivity contribution is -0.117. The van der Waals surface area contributed by atoms with Gasteiger partial charge in [0.1, 0.15) is 5.82 Å². The van der Waals surface area contributed by atoms with E-state index in [0.717, 1.165) is 0 Å². The van der Waals surface area contributed by atoms with Gasteiger partial charge in [-0.25, -0.2) is 4.39 Å². The Labute approximate surface area is 117 Å². The van der Waals surface area contributed by atoms with Gasteiger partial charge in [-0.2, -0.15) is 0 Å². The van der Waals surface area contributed by atoms with Crippen molar-refractivity contribution >= 4 is 11.6 Å². The maximum absolute atomic E-state index is 13.0. The fourth-order valence-corrected chi connectivity index (χ4v) is 2.19. The molecule has 0 spiro atoms. The van der Waals surface area contributed by atoms with Crippen LogP contribution in [0.25, 0.3) is 0 Å². The van der Waals surface area contributed by atoms with E-state index in [9.17, 15) is 14.3 Å². The summed E-state index contributed by atoms with van der Waals surface area (Å²) in [5, 5.41) is 11.9. The number of morpholine rings is 1. The molecule has 1 atom stereocenters. The quantitative estimate of drug-likeness (QED) is 0.840. The minimum absolute atomic E-state index is 0.0194. The largest absolute Gasteiger partial charge is 0.395 e. The van der Waals surface area contributed by atoms with E-state index in [1.54, 1.807) is 12.1 Å². The van der Waals surface area contributed by atoms with Crippen molar-refractivity contribution in [1.29, 1.82) is 0 Å². The maximum Gasteiger partial charge on any atom is 0.225 e. The molecule has 1 aromatic rings. The van der Waals surface area contributed by atoms with Crippen LogP contribution in [-0.4, -0.2) is 54.9 Å². The Kier molecular flexibility index (Phi) is 5.46. The number of ether oxygens (including phenoxy) is 1. The number of hydrogen-bond donors (Lipinski definition) is 2. The predicted octanol–water partition coefficient (Wildman–Crippen LogP) is 0.847. The normalized spacial score (nSPS) is 19.8. The first-order valence-corrected chi connectivity index (χ1v) is 6.67. The fourth-order valence-electron chi connectivity index (χ4n) is 2.19. The second kappa shape index (κ2) is 7.33. The number of hydrogen-bond acceptors (Lipinski definition) is 4. The number of halogens is 1. The summed E-state index contributed by atoms with van der Waals surface area (Å²) in [6, 6.07) is 5.75. The first-order chi connectivity index (χ1) is 9.69. The van der Waals surface area contributed by atoms with Crippen molar-refractivity contribution in [3.63, 3.8) is 0 Å². The van der Waals surface area contributed by atoms with E-state index in [-0.39, 0.29) is 24.4 Å². The molecule has 1 fully saturated rings. The number of anilines is 1. The Morgan fingerprint density at radius 2 is 2.40 bits per heavy atom. The summed E-state index contributed by atoms with van der Waals surface area (Å²) in [6.07, 6.45) is 0.299. The molecule has 2 rings (SSSR count). The van der Waals surface area contributed by atoms with Crippen molar-refractivity contribution < 1.29 is 19.0 Å². The molecule has 0 aromatic heterocycles. The van der Waals surface area contributed by atoms with Crippen LogP contribution < -0.4 is 5.32 Å². The lowest BCUT2D eigenvalue weighted by Crippen LogP contribution is -2.48. The highest BCUT2D eigenvalue weighted by atomic mass is 19.1. The zero-order chi connectivity index (χ0) is 14.4. The molecule has 110 valence electrons. The Morgan fingerprint density at radius 1 is 1.55 bits per heavy atom. The lowest BCUT2D eigenvalue weighted by Gasteiger charge is -2.34. The summed E-state index contributed by atoms with van der Waals surface area (Å²) >= 11 is 0. The summed E-state index contributed by atoms with van der Waals surface area (Å²) in [5.74, 6) is -0.546. The molecule has 6 heteroatoms. The molecule has 0 bridgehead atoms. The summed E-state index contributed by atoms with van der Waals surface area (Å²) in [5.41, 5.74) is 0.454. The average molecular weight is 282 g/mol. The molecule has 1 aliphatic heterocycles. The van der Waals surface area contributed by atoms with Crippen molar-refractivity contribution in [3.05, 3.63) is 30.1 Å². The van der Waals surface area contributed by atoms with E-state index in [4.69, 9.17) is 4.74 Å². The summed E-state index contributed by atoms with van der Waals surface area (Å²) < 4.78 is 18.3. The number of carbonyl (C=O) groups excluding carboxylic acids is 1. The first kappa shape index (κ1) is 14.9. The minimum Gasteiger partial charge on any atom is -0.395 e. The molecule has 1 aliphatic rings. The third-order valence-electron chi connectivity index (χ3n) is 3.29. The SMILES string of the molecule is O=C(CCN1CCOCC1CO)Nc1cccc(F)c1. The van der Waals surface area contributed by atoms with Gasteiger partial charge in [-0.05, 0) is 18.2 Å². The van der Waals surface area contributed by atoms with Crippen LogP contribution >= 0.6 is 0 Å². The number of benzene rings is 1. The molecule has 0 aliphatic carbocycles. The van der Waals surface area contributed by atoms with E-state index >= 15 is 0 Å². The highest BCUT2D eigenvalue weighted by Gasteiger charge is 2.22. The smallest absolute Gasteiger partial charge is 0.225 e. The lowest BCUT2D eigenvalue weighted by atomic mass is 10.2. The van der Waals surface area contributed by atoms with Crippen LogP contribution in [0.15, 0.2) is 24.3 Å². The topological polar surface area (TPSA) is 61.8 Å². The fraction of sp³-hybridized carbons (Fsp3) is 0.500. The second-order valence-electron chi connectivity index (χ2n) is 4.76. The van der Waals surface area contributed by atoms with Crippen LogP contribution in [0, 0.1) is 5.82 Å². The van der Waals surface area contributed by atoms with Gasteiger partial charge in [-0.1, -0.05) is 6.07 Å². The maximum atomic E-state index is 13.0. The number of amides is 1. The van der Waals surface area contributed by atoms with E-state index in [2.05, 4.69) is 5.32 Å². The molecule has 1 aromatic carbocycles. The van der Waals surface area contributed by atoms with Crippen LogP contribution in [0.1, 0.15) is 6.42 Å². The Balaban J connectivity index is 1.79. The number of rotatable bonds is 5. The number of carbonyl (C=O) groups is 1. The molecule has 0 radical (unpaired) electrons. The molecule has 1 heterocycles. The molecule has 1 amide bonds. The van der Waals surface area contributed by atoms with E-state index < -0.39 is 0 Å². The third-order valence-corrected chi connectivity index (χ3v) is 3.29. The van der Waals surface area contributed by atoms with Crippen LogP contribution in [0.5, 0.6) is 0 Å². The molecule has 1 saturated heterocycles. The van der Waals surface area contributed by atoms with Gasteiger partial charge in [0.05, 0.1) is 25.9 Å². The van der Waals surface area contributed by atoms with Gasteiger partial charge < -0.3 is 15.2 Å². The monoisotopic (exact) mass is 282 g/mol. The molecule has 20 heavy (non-hydrogen) atoms. The number of aliphatic hydroxyl groups excluding tert-OH is 1. The Bertz CT molecular complexity index is 456. The van der Waals surface area contributed by atoms with Crippen molar-refractivity contribution in [3.8, 4) is 0 Å². The summed E-state index contributed by atoms with van der Waals surface area (Å²) in [4.78, 5) is 13.8. The zero-order valence-electron chi connectivity index (χ0n) is 11.2. The van der Waals surface area contributed by atoms with Gasteiger partial charge in [0.2, 0.25) is 5.91 Å². The second-order valence-corrected chi connectivity index (χ2v) is 4.76.